The zero-order valence-electron chi connectivity index (χ0n) is 12.2. The van der Waals surface area contributed by atoms with Gasteiger partial charge in [-0.15, -0.1) is 0 Å². The molecule has 106 valence electrons. The van der Waals surface area contributed by atoms with Crippen LogP contribution in [0.15, 0.2) is 42.6 Å². The molecule has 0 fully saturated rings. The Balaban J connectivity index is 2.13. The number of rotatable bonds is 5. The number of anilines is 1. The summed E-state index contributed by atoms with van der Waals surface area (Å²) in [4.78, 5) is 6.52. The van der Waals surface area contributed by atoms with E-state index in [1.165, 1.54) is 0 Å². The van der Waals surface area contributed by atoms with Crippen molar-refractivity contribution in [2.24, 2.45) is 5.73 Å². The van der Waals surface area contributed by atoms with Gasteiger partial charge in [-0.3, -0.25) is 4.98 Å². The number of nitrogens with two attached hydrogens (primary N) is 1. The predicted octanol–water partition coefficient (Wildman–Crippen LogP) is 2.75. The van der Waals surface area contributed by atoms with Crippen LogP contribution in [0.5, 0.6) is 5.75 Å². The molecule has 0 aliphatic heterocycles. The fraction of sp³-hybridized carbons (Fsp3) is 0.312. The maximum absolute atomic E-state index is 5.81. The summed E-state index contributed by atoms with van der Waals surface area (Å²) in [6, 6.07) is 12.0. The van der Waals surface area contributed by atoms with Gasteiger partial charge in [0.2, 0.25) is 0 Å². The average Bonchev–Trinajstić information content (AvgIpc) is 2.48. The Kier molecular flexibility index (Phi) is 4.58. The molecule has 0 amide bonds. The van der Waals surface area contributed by atoms with E-state index < -0.39 is 0 Å². The first-order chi connectivity index (χ1) is 9.61. The van der Waals surface area contributed by atoms with Crippen molar-refractivity contribution in [3.63, 3.8) is 0 Å². The van der Waals surface area contributed by atoms with Crippen LogP contribution in [-0.2, 0) is 6.54 Å². The molecule has 4 heteroatoms. The van der Waals surface area contributed by atoms with Crippen LogP contribution in [0.4, 0.5) is 5.69 Å². The number of benzene rings is 1. The predicted molar refractivity (Wildman–Crippen MR) is 81.9 cm³/mol. The number of hydrogen-bond acceptors (Lipinski definition) is 4. The summed E-state index contributed by atoms with van der Waals surface area (Å²) in [6.07, 6.45) is 1.86. The third-order valence-electron chi connectivity index (χ3n) is 3.28. The van der Waals surface area contributed by atoms with Gasteiger partial charge in [0.25, 0.3) is 0 Å². The van der Waals surface area contributed by atoms with Gasteiger partial charge >= 0.3 is 0 Å². The lowest BCUT2D eigenvalue weighted by Crippen LogP contribution is -2.17. The van der Waals surface area contributed by atoms with Gasteiger partial charge in [0, 0.05) is 25.2 Å². The normalized spacial score (nSPS) is 12.0. The Hall–Kier alpha value is -2.07. The lowest BCUT2D eigenvalue weighted by molar-refractivity contribution is 0.409. The minimum Gasteiger partial charge on any atom is -0.496 e. The average molecular weight is 271 g/mol. The number of nitrogens with zero attached hydrogens (tertiary/aromatic N) is 2. The van der Waals surface area contributed by atoms with Gasteiger partial charge < -0.3 is 15.4 Å². The van der Waals surface area contributed by atoms with E-state index >= 15 is 0 Å². The third kappa shape index (κ3) is 3.27. The zero-order valence-corrected chi connectivity index (χ0v) is 12.2. The van der Waals surface area contributed by atoms with E-state index in [4.69, 9.17) is 10.5 Å². The molecule has 2 aromatic rings. The van der Waals surface area contributed by atoms with Crippen molar-refractivity contribution >= 4 is 5.69 Å². The number of hydrogen-bond donors (Lipinski definition) is 1. The van der Waals surface area contributed by atoms with Crippen molar-refractivity contribution in [1.29, 1.82) is 0 Å². The van der Waals surface area contributed by atoms with Crippen LogP contribution in [0.25, 0.3) is 0 Å². The highest BCUT2D eigenvalue weighted by molar-refractivity contribution is 5.46. The van der Waals surface area contributed by atoms with Crippen molar-refractivity contribution in [2.75, 3.05) is 19.1 Å². The Labute approximate surface area is 120 Å². The summed E-state index contributed by atoms with van der Waals surface area (Å²) in [5, 5.41) is 0. The van der Waals surface area contributed by atoms with Gasteiger partial charge in [0.15, 0.2) is 0 Å². The monoisotopic (exact) mass is 271 g/mol. The summed E-state index contributed by atoms with van der Waals surface area (Å²) in [5.74, 6) is 0.902. The van der Waals surface area contributed by atoms with Gasteiger partial charge in [-0.25, -0.2) is 0 Å². The Morgan fingerprint density at radius 2 is 2.00 bits per heavy atom. The largest absolute Gasteiger partial charge is 0.496 e. The van der Waals surface area contributed by atoms with Crippen LogP contribution in [0, 0.1) is 0 Å². The van der Waals surface area contributed by atoms with E-state index in [0.29, 0.717) is 0 Å². The molecule has 0 spiro atoms. The third-order valence-corrected chi connectivity index (χ3v) is 3.28. The number of methoxy groups -OCH3 is 1. The van der Waals surface area contributed by atoms with Gasteiger partial charge in [-0.05, 0) is 25.1 Å². The van der Waals surface area contributed by atoms with Crippen molar-refractivity contribution in [3.8, 4) is 5.75 Å². The molecule has 1 aromatic carbocycles. The highest BCUT2D eigenvalue weighted by Crippen LogP contribution is 2.22. The molecule has 1 atom stereocenters. The summed E-state index contributed by atoms with van der Waals surface area (Å²) in [6.45, 7) is 2.70. The number of aromatic nitrogens is 1. The van der Waals surface area contributed by atoms with Crippen LogP contribution < -0.4 is 15.4 Å². The van der Waals surface area contributed by atoms with Crippen molar-refractivity contribution in [3.05, 3.63) is 53.9 Å². The van der Waals surface area contributed by atoms with Crippen molar-refractivity contribution < 1.29 is 4.74 Å². The smallest absolute Gasteiger partial charge is 0.123 e. The topological polar surface area (TPSA) is 51.4 Å². The van der Waals surface area contributed by atoms with Crippen LogP contribution >= 0.6 is 0 Å². The number of para-hydroxylation sites is 1. The van der Waals surface area contributed by atoms with Gasteiger partial charge in [0.1, 0.15) is 5.75 Å². The molecule has 20 heavy (non-hydrogen) atoms. The minimum atomic E-state index is -0.0384. The summed E-state index contributed by atoms with van der Waals surface area (Å²) in [5.41, 5.74) is 8.91. The summed E-state index contributed by atoms with van der Waals surface area (Å²) in [7, 11) is 3.73. The van der Waals surface area contributed by atoms with Crippen LogP contribution in [0.3, 0.4) is 0 Å². The fourth-order valence-electron chi connectivity index (χ4n) is 2.07. The summed E-state index contributed by atoms with van der Waals surface area (Å²) < 4.78 is 5.37. The number of pyridine rings is 1. The Bertz CT molecular complexity index is 552. The van der Waals surface area contributed by atoms with Crippen LogP contribution in [0.1, 0.15) is 24.2 Å². The number of ether oxygens (including phenoxy) is 1. The van der Waals surface area contributed by atoms with Gasteiger partial charge in [-0.1, -0.05) is 18.2 Å². The first-order valence-electron chi connectivity index (χ1n) is 6.66. The maximum atomic E-state index is 5.81. The molecule has 0 radical (unpaired) electrons. The van der Waals surface area contributed by atoms with E-state index in [-0.39, 0.29) is 6.04 Å². The zero-order chi connectivity index (χ0) is 14.5. The molecule has 2 rings (SSSR count). The quantitative estimate of drug-likeness (QED) is 0.908. The van der Waals surface area contributed by atoms with E-state index in [2.05, 4.69) is 16.0 Å². The molecule has 1 aromatic heterocycles. The van der Waals surface area contributed by atoms with Gasteiger partial charge in [-0.2, -0.15) is 0 Å². The van der Waals surface area contributed by atoms with Crippen molar-refractivity contribution in [2.45, 2.75) is 19.5 Å². The molecular weight excluding hydrogens is 250 g/mol. The molecule has 0 aliphatic rings. The fourth-order valence-corrected chi connectivity index (χ4v) is 2.07. The van der Waals surface area contributed by atoms with Crippen molar-refractivity contribution in [1.82, 2.24) is 4.98 Å². The summed E-state index contributed by atoms with van der Waals surface area (Å²) >= 11 is 0. The SMILES string of the molecule is COc1ccccc1CN(C)c1ccc([C@H](C)N)nc1. The van der Waals surface area contributed by atoms with E-state index in [0.717, 1.165) is 29.2 Å². The molecule has 1 heterocycles. The lowest BCUT2D eigenvalue weighted by Gasteiger charge is -2.20. The van der Waals surface area contributed by atoms with Gasteiger partial charge in [0.05, 0.1) is 24.7 Å². The second-order valence-corrected chi connectivity index (χ2v) is 4.90. The maximum Gasteiger partial charge on any atom is 0.123 e. The molecule has 0 aliphatic carbocycles. The minimum absolute atomic E-state index is 0.0384. The molecule has 2 N–H and O–H groups in total. The van der Waals surface area contributed by atoms with Crippen LogP contribution in [-0.4, -0.2) is 19.1 Å². The van der Waals surface area contributed by atoms with Crippen LogP contribution in [0.2, 0.25) is 0 Å². The standard InChI is InChI=1S/C16H21N3O/c1-12(17)15-9-8-14(10-18-15)19(2)11-13-6-4-5-7-16(13)20-3/h4-10,12H,11,17H2,1-3H3/t12-/m0/s1. The molecule has 4 nitrogen and oxygen atoms in total. The van der Waals surface area contributed by atoms with E-state index in [1.807, 2.05) is 50.5 Å². The highest BCUT2D eigenvalue weighted by atomic mass is 16.5. The Morgan fingerprint density at radius 3 is 2.60 bits per heavy atom. The molecule has 0 saturated carbocycles. The first-order valence-corrected chi connectivity index (χ1v) is 6.66. The molecule has 0 unspecified atom stereocenters. The molecular formula is C16H21N3O. The molecule has 0 bridgehead atoms. The Morgan fingerprint density at radius 1 is 1.25 bits per heavy atom. The van der Waals surface area contributed by atoms with E-state index in [1.54, 1.807) is 7.11 Å². The second kappa shape index (κ2) is 6.39. The highest BCUT2D eigenvalue weighted by Gasteiger charge is 2.08. The second-order valence-electron chi connectivity index (χ2n) is 4.90. The first kappa shape index (κ1) is 14.3. The molecule has 0 saturated heterocycles. The van der Waals surface area contributed by atoms with E-state index in [9.17, 15) is 0 Å². The lowest BCUT2D eigenvalue weighted by atomic mass is 10.1.